The van der Waals surface area contributed by atoms with Crippen molar-refractivity contribution in [1.29, 1.82) is 0 Å². The highest BCUT2D eigenvalue weighted by molar-refractivity contribution is 4.61. The number of hydrogen-bond donors (Lipinski definition) is 2. The summed E-state index contributed by atoms with van der Waals surface area (Å²) in [4.78, 5) is 0. The first-order valence-electron chi connectivity index (χ1n) is 7.25. The van der Waals surface area contributed by atoms with Gasteiger partial charge in [0.15, 0.2) is 0 Å². The van der Waals surface area contributed by atoms with Crippen LogP contribution in [0.5, 0.6) is 0 Å². The van der Waals surface area contributed by atoms with Gasteiger partial charge in [-0.3, -0.25) is 0 Å². The number of unbranched alkanes of at least 4 members (excludes halogenated alkanes) is 6. The van der Waals surface area contributed by atoms with E-state index in [0.29, 0.717) is 0 Å². The molecule has 0 atom stereocenters. The summed E-state index contributed by atoms with van der Waals surface area (Å²) in [5.74, 6) is 0.783. The lowest BCUT2D eigenvalue weighted by Crippen LogP contribution is -2.13. The third-order valence-electron chi connectivity index (χ3n) is 3.37. The van der Waals surface area contributed by atoms with Crippen LogP contribution < -0.4 is 11.5 Å². The van der Waals surface area contributed by atoms with Crippen molar-refractivity contribution < 1.29 is 0 Å². The molecule has 0 spiro atoms. The summed E-state index contributed by atoms with van der Waals surface area (Å²) in [7, 11) is 0. The van der Waals surface area contributed by atoms with E-state index in [1.54, 1.807) is 0 Å². The minimum absolute atomic E-state index is 0.783. The lowest BCUT2D eigenvalue weighted by molar-refractivity contribution is 0.407. The molecule has 98 valence electrons. The maximum atomic E-state index is 5.60. The van der Waals surface area contributed by atoms with Crippen LogP contribution in [0.4, 0.5) is 0 Å². The van der Waals surface area contributed by atoms with Crippen molar-refractivity contribution in [3.8, 4) is 0 Å². The smallest absolute Gasteiger partial charge is 0.00746 e. The van der Waals surface area contributed by atoms with Crippen molar-refractivity contribution in [2.24, 2.45) is 17.4 Å². The third kappa shape index (κ3) is 10.4. The van der Waals surface area contributed by atoms with Crippen LogP contribution in [0.2, 0.25) is 0 Å². The van der Waals surface area contributed by atoms with Crippen molar-refractivity contribution in [1.82, 2.24) is 0 Å². The molecular formula is C14H32N2. The topological polar surface area (TPSA) is 52.0 Å². The molecule has 0 heterocycles. The van der Waals surface area contributed by atoms with Gasteiger partial charge in [0, 0.05) is 0 Å². The van der Waals surface area contributed by atoms with Gasteiger partial charge in [-0.05, 0) is 31.8 Å². The van der Waals surface area contributed by atoms with E-state index in [4.69, 9.17) is 11.5 Å². The van der Waals surface area contributed by atoms with Crippen LogP contribution in [0.1, 0.15) is 71.1 Å². The average molecular weight is 228 g/mol. The van der Waals surface area contributed by atoms with Gasteiger partial charge in [0.2, 0.25) is 0 Å². The predicted molar refractivity (Wildman–Crippen MR) is 73.4 cm³/mol. The van der Waals surface area contributed by atoms with Gasteiger partial charge < -0.3 is 11.5 Å². The summed E-state index contributed by atoms with van der Waals surface area (Å²) in [5.41, 5.74) is 11.2. The molecule has 0 aliphatic heterocycles. The summed E-state index contributed by atoms with van der Waals surface area (Å²) in [6.07, 6.45) is 13.4. The second kappa shape index (κ2) is 13.0. The Morgan fingerprint density at radius 3 is 1.69 bits per heavy atom. The molecule has 0 aromatic carbocycles. The molecular weight excluding hydrogens is 196 g/mol. The Morgan fingerprint density at radius 1 is 0.688 bits per heavy atom. The molecule has 0 radical (unpaired) electrons. The maximum Gasteiger partial charge on any atom is -0.00746 e. The zero-order valence-corrected chi connectivity index (χ0v) is 11.2. The maximum absolute atomic E-state index is 5.60. The van der Waals surface area contributed by atoms with Crippen LogP contribution in [0.3, 0.4) is 0 Å². The van der Waals surface area contributed by atoms with E-state index in [1.807, 2.05) is 0 Å². The molecule has 0 bridgehead atoms. The van der Waals surface area contributed by atoms with E-state index >= 15 is 0 Å². The summed E-state index contributed by atoms with van der Waals surface area (Å²) in [6.45, 7) is 3.91. The molecule has 2 nitrogen and oxygen atoms in total. The lowest BCUT2D eigenvalue weighted by Gasteiger charge is -2.14. The number of hydrogen-bond acceptors (Lipinski definition) is 2. The number of rotatable bonds is 12. The van der Waals surface area contributed by atoms with Gasteiger partial charge in [0.25, 0.3) is 0 Å². The highest BCUT2D eigenvalue weighted by atomic mass is 14.5. The van der Waals surface area contributed by atoms with Crippen LogP contribution in [-0.2, 0) is 0 Å². The largest absolute Gasteiger partial charge is 0.330 e. The van der Waals surface area contributed by atoms with Gasteiger partial charge in [-0.25, -0.2) is 0 Å². The van der Waals surface area contributed by atoms with E-state index in [2.05, 4.69) is 6.92 Å². The van der Waals surface area contributed by atoms with E-state index in [9.17, 15) is 0 Å². The Morgan fingerprint density at radius 2 is 1.19 bits per heavy atom. The second-order valence-electron chi connectivity index (χ2n) is 4.93. The van der Waals surface area contributed by atoms with Crippen LogP contribution in [0.15, 0.2) is 0 Å². The molecule has 16 heavy (non-hydrogen) atoms. The molecule has 0 aliphatic carbocycles. The molecule has 0 fully saturated rings. The first-order chi connectivity index (χ1) is 7.85. The lowest BCUT2D eigenvalue weighted by atomic mass is 9.94. The Kier molecular flexibility index (Phi) is 12.9. The van der Waals surface area contributed by atoms with Crippen molar-refractivity contribution in [3.63, 3.8) is 0 Å². The second-order valence-corrected chi connectivity index (χ2v) is 4.93. The van der Waals surface area contributed by atoms with Crippen LogP contribution in [0.25, 0.3) is 0 Å². The van der Waals surface area contributed by atoms with Crippen LogP contribution >= 0.6 is 0 Å². The quantitative estimate of drug-likeness (QED) is 0.503. The molecule has 0 saturated heterocycles. The Balaban J connectivity index is 3.25. The molecule has 0 unspecified atom stereocenters. The Hall–Kier alpha value is -0.0800. The SMILES string of the molecule is CCCCCCCCCC(CCN)CCN. The van der Waals surface area contributed by atoms with Crippen molar-refractivity contribution in [2.45, 2.75) is 71.1 Å². The zero-order chi connectivity index (χ0) is 12.1. The number of nitrogens with two attached hydrogens (primary N) is 2. The molecule has 4 N–H and O–H groups in total. The minimum atomic E-state index is 0.783. The summed E-state index contributed by atoms with van der Waals surface area (Å²) < 4.78 is 0. The predicted octanol–water partition coefficient (Wildman–Crippen LogP) is 3.44. The fraction of sp³-hybridized carbons (Fsp3) is 1.00. The van der Waals surface area contributed by atoms with Gasteiger partial charge in [-0.1, -0.05) is 58.3 Å². The standard InChI is InChI=1S/C14H32N2/c1-2-3-4-5-6-7-8-9-14(10-12-15)11-13-16/h14H,2-13,15-16H2,1H3. The van der Waals surface area contributed by atoms with Gasteiger partial charge in [-0.2, -0.15) is 0 Å². The summed E-state index contributed by atoms with van der Waals surface area (Å²) >= 11 is 0. The highest BCUT2D eigenvalue weighted by Crippen LogP contribution is 2.17. The van der Waals surface area contributed by atoms with Gasteiger partial charge >= 0.3 is 0 Å². The van der Waals surface area contributed by atoms with Gasteiger partial charge in [-0.15, -0.1) is 0 Å². The summed E-state index contributed by atoms with van der Waals surface area (Å²) in [5, 5.41) is 0. The molecule has 0 saturated carbocycles. The van der Waals surface area contributed by atoms with Crippen LogP contribution in [-0.4, -0.2) is 13.1 Å². The fourth-order valence-corrected chi connectivity index (χ4v) is 2.29. The Labute approximate surface area is 102 Å². The Bertz CT molecular complexity index is 120. The molecule has 0 aliphatic rings. The minimum Gasteiger partial charge on any atom is -0.330 e. The van der Waals surface area contributed by atoms with E-state index < -0.39 is 0 Å². The normalized spacial score (nSPS) is 11.2. The van der Waals surface area contributed by atoms with Crippen molar-refractivity contribution in [2.75, 3.05) is 13.1 Å². The molecule has 2 heteroatoms. The molecule has 0 aromatic heterocycles. The van der Waals surface area contributed by atoms with E-state index in [1.165, 1.54) is 51.4 Å². The fourth-order valence-electron chi connectivity index (χ4n) is 2.29. The monoisotopic (exact) mass is 228 g/mol. The first-order valence-corrected chi connectivity index (χ1v) is 7.25. The summed E-state index contributed by atoms with van der Waals surface area (Å²) in [6, 6.07) is 0. The third-order valence-corrected chi connectivity index (χ3v) is 3.37. The first kappa shape index (κ1) is 15.9. The van der Waals surface area contributed by atoms with Crippen LogP contribution in [0, 0.1) is 5.92 Å². The van der Waals surface area contributed by atoms with E-state index in [-0.39, 0.29) is 0 Å². The average Bonchev–Trinajstić information content (AvgIpc) is 2.28. The molecule has 0 amide bonds. The van der Waals surface area contributed by atoms with Gasteiger partial charge in [0.05, 0.1) is 0 Å². The van der Waals surface area contributed by atoms with Crippen molar-refractivity contribution >= 4 is 0 Å². The zero-order valence-electron chi connectivity index (χ0n) is 11.2. The molecule has 0 aromatic rings. The van der Waals surface area contributed by atoms with E-state index in [0.717, 1.165) is 31.8 Å². The van der Waals surface area contributed by atoms with Gasteiger partial charge in [0.1, 0.15) is 0 Å². The highest BCUT2D eigenvalue weighted by Gasteiger charge is 2.05. The molecule has 0 rings (SSSR count). The van der Waals surface area contributed by atoms with Crippen molar-refractivity contribution in [3.05, 3.63) is 0 Å².